The van der Waals surface area contributed by atoms with E-state index in [-0.39, 0.29) is 0 Å². The highest BCUT2D eigenvalue weighted by Crippen LogP contribution is 2.36. The van der Waals surface area contributed by atoms with Crippen molar-refractivity contribution < 1.29 is 5.11 Å². The average Bonchev–Trinajstić information content (AvgIpc) is 2.59. The zero-order valence-electron chi connectivity index (χ0n) is 14.4. The fourth-order valence-electron chi connectivity index (χ4n) is 3.66. The van der Waals surface area contributed by atoms with Crippen molar-refractivity contribution in [3.05, 3.63) is 35.9 Å². The van der Waals surface area contributed by atoms with Crippen LogP contribution in [0.5, 0.6) is 0 Å². The van der Waals surface area contributed by atoms with Gasteiger partial charge in [0.05, 0.1) is 5.60 Å². The molecule has 1 aliphatic heterocycles. The lowest BCUT2D eigenvalue weighted by molar-refractivity contribution is -0.0371. The lowest BCUT2D eigenvalue weighted by atomic mass is 9.77. The van der Waals surface area contributed by atoms with E-state index in [2.05, 4.69) is 30.9 Å². The van der Waals surface area contributed by atoms with Crippen LogP contribution >= 0.6 is 0 Å². The van der Waals surface area contributed by atoms with Gasteiger partial charge in [-0.1, -0.05) is 63.4 Å². The van der Waals surface area contributed by atoms with Gasteiger partial charge in [0.1, 0.15) is 0 Å². The number of hydrogen-bond acceptors (Lipinski definition) is 2. The fourth-order valence-corrected chi connectivity index (χ4v) is 3.66. The molecule has 0 aliphatic carbocycles. The Balaban J connectivity index is 2.06. The van der Waals surface area contributed by atoms with Gasteiger partial charge in [-0.3, -0.25) is 0 Å². The van der Waals surface area contributed by atoms with Gasteiger partial charge in [0.15, 0.2) is 0 Å². The van der Waals surface area contributed by atoms with Gasteiger partial charge in [-0.05, 0) is 50.3 Å². The number of hydrogen-bond donors (Lipinski definition) is 1. The van der Waals surface area contributed by atoms with E-state index < -0.39 is 5.60 Å². The monoisotopic (exact) mass is 303 g/mol. The fraction of sp³-hybridized carbons (Fsp3) is 0.700. The van der Waals surface area contributed by atoms with Gasteiger partial charge < -0.3 is 10.0 Å². The third-order valence-corrected chi connectivity index (χ3v) is 5.34. The van der Waals surface area contributed by atoms with Gasteiger partial charge in [0, 0.05) is 6.54 Å². The topological polar surface area (TPSA) is 23.5 Å². The molecule has 2 rings (SSSR count). The van der Waals surface area contributed by atoms with E-state index in [4.69, 9.17) is 0 Å². The molecule has 2 nitrogen and oxygen atoms in total. The maximum absolute atomic E-state index is 11.5. The molecule has 1 fully saturated rings. The summed E-state index contributed by atoms with van der Waals surface area (Å²) < 4.78 is 0. The molecule has 1 saturated heterocycles. The zero-order valence-corrected chi connectivity index (χ0v) is 14.4. The van der Waals surface area contributed by atoms with Gasteiger partial charge in [0.25, 0.3) is 0 Å². The summed E-state index contributed by atoms with van der Waals surface area (Å²) in [4.78, 5) is 2.53. The second kappa shape index (κ2) is 8.69. The normalized spacial score (nSPS) is 20.5. The Kier molecular flexibility index (Phi) is 6.91. The third kappa shape index (κ3) is 4.57. The molecule has 22 heavy (non-hydrogen) atoms. The van der Waals surface area contributed by atoms with Crippen LogP contribution < -0.4 is 0 Å². The Labute approximate surface area is 136 Å². The lowest BCUT2D eigenvalue weighted by Crippen LogP contribution is -2.39. The number of rotatable bonds is 8. The number of likely N-dealkylation sites (tertiary alicyclic amines) is 1. The lowest BCUT2D eigenvalue weighted by Gasteiger charge is -2.37. The standard InChI is InChI=1S/C20H33NO/c1-3-4-11-18(2)20(22,19-12-7-5-8-13-19)14-17-21-15-9-6-10-16-21/h5,7-8,12-13,18,22H,3-4,6,9-11,14-17H2,1-2H3. The SMILES string of the molecule is CCCCC(C)C(O)(CCN1CCCCC1)c1ccccc1. The first-order chi connectivity index (χ1) is 10.7. The summed E-state index contributed by atoms with van der Waals surface area (Å²) in [5, 5.41) is 11.5. The highest BCUT2D eigenvalue weighted by molar-refractivity contribution is 5.23. The van der Waals surface area contributed by atoms with Gasteiger partial charge in [-0.2, -0.15) is 0 Å². The smallest absolute Gasteiger partial charge is 0.0934 e. The first-order valence-corrected chi connectivity index (χ1v) is 9.17. The van der Waals surface area contributed by atoms with E-state index in [0.717, 1.165) is 24.9 Å². The molecule has 0 amide bonds. The summed E-state index contributed by atoms with van der Waals surface area (Å²) in [5.74, 6) is 0.305. The highest BCUT2D eigenvalue weighted by atomic mass is 16.3. The first-order valence-electron chi connectivity index (χ1n) is 9.17. The molecule has 2 heteroatoms. The van der Waals surface area contributed by atoms with E-state index in [0.29, 0.717) is 5.92 Å². The molecular weight excluding hydrogens is 270 g/mol. The molecule has 0 bridgehead atoms. The Morgan fingerprint density at radius 1 is 1.14 bits per heavy atom. The van der Waals surface area contributed by atoms with Crippen LogP contribution in [0.25, 0.3) is 0 Å². The van der Waals surface area contributed by atoms with E-state index in [1.165, 1.54) is 45.2 Å². The van der Waals surface area contributed by atoms with Crippen molar-refractivity contribution in [2.75, 3.05) is 19.6 Å². The van der Waals surface area contributed by atoms with Crippen molar-refractivity contribution in [1.82, 2.24) is 4.90 Å². The minimum absolute atomic E-state index is 0.305. The molecule has 0 aromatic heterocycles. The van der Waals surface area contributed by atoms with Crippen LogP contribution in [0.3, 0.4) is 0 Å². The maximum atomic E-state index is 11.5. The summed E-state index contributed by atoms with van der Waals surface area (Å²) in [5.41, 5.74) is 0.407. The minimum Gasteiger partial charge on any atom is -0.385 e. The van der Waals surface area contributed by atoms with Gasteiger partial charge in [-0.25, -0.2) is 0 Å². The number of piperidine rings is 1. The van der Waals surface area contributed by atoms with Crippen molar-refractivity contribution in [3.63, 3.8) is 0 Å². The van der Waals surface area contributed by atoms with Crippen LogP contribution in [-0.4, -0.2) is 29.6 Å². The van der Waals surface area contributed by atoms with Crippen LogP contribution in [0.15, 0.2) is 30.3 Å². The minimum atomic E-state index is -0.687. The molecular formula is C20H33NO. The molecule has 0 radical (unpaired) electrons. The average molecular weight is 303 g/mol. The third-order valence-electron chi connectivity index (χ3n) is 5.34. The maximum Gasteiger partial charge on any atom is 0.0934 e. The van der Waals surface area contributed by atoms with E-state index in [1.807, 2.05) is 18.2 Å². The molecule has 1 aromatic carbocycles. The summed E-state index contributed by atoms with van der Waals surface area (Å²) in [7, 11) is 0. The Morgan fingerprint density at radius 2 is 1.82 bits per heavy atom. The molecule has 2 unspecified atom stereocenters. The second-order valence-electron chi connectivity index (χ2n) is 6.99. The molecule has 1 aliphatic rings. The van der Waals surface area contributed by atoms with E-state index in [9.17, 15) is 5.11 Å². The Hall–Kier alpha value is -0.860. The molecule has 0 spiro atoms. The van der Waals surface area contributed by atoms with Gasteiger partial charge in [-0.15, -0.1) is 0 Å². The van der Waals surface area contributed by atoms with Crippen molar-refractivity contribution in [2.24, 2.45) is 5.92 Å². The van der Waals surface area contributed by atoms with Gasteiger partial charge in [0.2, 0.25) is 0 Å². The first kappa shape index (κ1) is 17.5. The summed E-state index contributed by atoms with van der Waals surface area (Å²) >= 11 is 0. The van der Waals surface area contributed by atoms with Crippen LogP contribution in [-0.2, 0) is 5.60 Å². The summed E-state index contributed by atoms with van der Waals surface area (Å²) in [6.45, 7) is 7.87. The van der Waals surface area contributed by atoms with Gasteiger partial charge >= 0.3 is 0 Å². The molecule has 1 aromatic rings. The van der Waals surface area contributed by atoms with Crippen LogP contribution in [0, 0.1) is 5.92 Å². The predicted molar refractivity (Wildman–Crippen MR) is 93.9 cm³/mol. The molecule has 0 saturated carbocycles. The van der Waals surface area contributed by atoms with Crippen molar-refractivity contribution in [2.45, 2.75) is 64.4 Å². The molecule has 1 heterocycles. The number of unbranched alkanes of at least 4 members (excludes halogenated alkanes) is 1. The molecule has 1 N–H and O–H groups in total. The highest BCUT2D eigenvalue weighted by Gasteiger charge is 2.35. The number of nitrogens with zero attached hydrogens (tertiary/aromatic N) is 1. The van der Waals surface area contributed by atoms with E-state index in [1.54, 1.807) is 0 Å². The molecule has 2 atom stereocenters. The quantitative estimate of drug-likeness (QED) is 0.760. The van der Waals surface area contributed by atoms with Crippen molar-refractivity contribution in [3.8, 4) is 0 Å². The zero-order chi connectivity index (χ0) is 15.8. The second-order valence-corrected chi connectivity index (χ2v) is 6.99. The van der Waals surface area contributed by atoms with Crippen molar-refractivity contribution >= 4 is 0 Å². The Morgan fingerprint density at radius 3 is 2.45 bits per heavy atom. The largest absolute Gasteiger partial charge is 0.385 e. The van der Waals surface area contributed by atoms with Crippen molar-refractivity contribution in [1.29, 1.82) is 0 Å². The predicted octanol–water partition coefficient (Wildman–Crippen LogP) is 4.58. The summed E-state index contributed by atoms with van der Waals surface area (Å²) in [6, 6.07) is 10.3. The number of aliphatic hydroxyl groups is 1. The van der Waals surface area contributed by atoms with Crippen LogP contribution in [0.1, 0.15) is 64.4 Å². The number of benzene rings is 1. The summed E-state index contributed by atoms with van der Waals surface area (Å²) in [6.07, 6.45) is 8.34. The van der Waals surface area contributed by atoms with Crippen LogP contribution in [0.4, 0.5) is 0 Å². The van der Waals surface area contributed by atoms with Crippen LogP contribution in [0.2, 0.25) is 0 Å². The van der Waals surface area contributed by atoms with E-state index >= 15 is 0 Å². The molecule has 124 valence electrons. The Bertz CT molecular complexity index is 413.